The molecule has 0 saturated heterocycles. The maximum atomic E-state index is 10.2. The highest BCUT2D eigenvalue weighted by Crippen LogP contribution is 2.67. The number of allylic oxidation sites excluding steroid dienone is 1. The maximum Gasteiger partial charge on any atom is 0.0577 e. The minimum Gasteiger partial charge on any atom is -0.393 e. The van der Waals surface area contributed by atoms with E-state index in [1.165, 1.54) is 57.8 Å². The predicted molar refractivity (Wildman–Crippen MR) is 119 cm³/mol. The Balaban J connectivity index is 1.49. The molecule has 0 bridgehead atoms. The van der Waals surface area contributed by atoms with E-state index in [1.807, 2.05) is 0 Å². The van der Waals surface area contributed by atoms with Crippen molar-refractivity contribution in [3.63, 3.8) is 0 Å². The fraction of sp³-hybridized carbons (Fsp3) is 0.926. The summed E-state index contributed by atoms with van der Waals surface area (Å²) >= 11 is 0. The second kappa shape index (κ2) is 7.75. The third-order valence-electron chi connectivity index (χ3n) is 10.3. The second-order valence-electron chi connectivity index (χ2n) is 12.2. The molecule has 4 aliphatic rings. The molecule has 0 spiro atoms. The zero-order valence-corrected chi connectivity index (χ0v) is 19.3. The molecule has 0 aromatic carbocycles. The summed E-state index contributed by atoms with van der Waals surface area (Å²) < 4.78 is 0. The van der Waals surface area contributed by atoms with Gasteiger partial charge in [-0.1, -0.05) is 65.5 Å². The van der Waals surface area contributed by atoms with Gasteiger partial charge in [-0.3, -0.25) is 0 Å². The van der Waals surface area contributed by atoms with E-state index in [0.717, 1.165) is 48.3 Å². The molecule has 2 unspecified atom stereocenters. The zero-order chi connectivity index (χ0) is 20.1. The molecular formula is C27H46O. The molecule has 0 aromatic heterocycles. The van der Waals surface area contributed by atoms with E-state index in [-0.39, 0.29) is 6.10 Å². The molecule has 0 amide bonds. The van der Waals surface area contributed by atoms with Crippen molar-refractivity contribution in [3.05, 3.63) is 11.6 Å². The van der Waals surface area contributed by atoms with Crippen LogP contribution in [0.2, 0.25) is 0 Å². The Morgan fingerprint density at radius 3 is 2.54 bits per heavy atom. The van der Waals surface area contributed by atoms with Gasteiger partial charge in [0, 0.05) is 0 Å². The van der Waals surface area contributed by atoms with E-state index in [4.69, 9.17) is 0 Å². The van der Waals surface area contributed by atoms with E-state index >= 15 is 0 Å². The van der Waals surface area contributed by atoms with Crippen molar-refractivity contribution in [2.24, 2.45) is 46.3 Å². The summed E-state index contributed by atoms with van der Waals surface area (Å²) in [6.07, 6.45) is 17.2. The molecule has 3 fully saturated rings. The normalized spacial score (nSPS) is 46.5. The summed E-state index contributed by atoms with van der Waals surface area (Å²) in [5.74, 6) is 5.46. The molecule has 160 valence electrons. The highest BCUT2D eigenvalue weighted by Gasteiger charge is 2.59. The maximum absolute atomic E-state index is 10.2. The van der Waals surface area contributed by atoms with Gasteiger partial charge < -0.3 is 5.11 Å². The Bertz CT molecular complexity index is 591. The SMILES string of the molecule is CC(C)CCC[C@@H](C)[C@H]1CC[C@H]2[C@@H]3CC=C4C[C@@H](O)CCC4(C)[C@H]3CCC12C. The van der Waals surface area contributed by atoms with Crippen molar-refractivity contribution < 1.29 is 5.11 Å². The summed E-state index contributed by atoms with van der Waals surface area (Å²) in [6.45, 7) is 12.6. The molecular weight excluding hydrogens is 340 g/mol. The van der Waals surface area contributed by atoms with Crippen LogP contribution in [-0.2, 0) is 0 Å². The summed E-state index contributed by atoms with van der Waals surface area (Å²) in [7, 11) is 0. The highest BCUT2D eigenvalue weighted by molar-refractivity contribution is 5.25. The average molecular weight is 387 g/mol. The molecule has 0 heterocycles. The Kier molecular flexibility index (Phi) is 5.80. The fourth-order valence-corrected chi connectivity index (χ4v) is 8.67. The van der Waals surface area contributed by atoms with Crippen LogP contribution in [0.5, 0.6) is 0 Å². The summed E-state index contributed by atoms with van der Waals surface area (Å²) in [6, 6.07) is 0. The van der Waals surface area contributed by atoms with Gasteiger partial charge in [0.05, 0.1) is 6.10 Å². The average Bonchev–Trinajstić information content (AvgIpc) is 2.99. The van der Waals surface area contributed by atoms with Crippen molar-refractivity contribution in [1.29, 1.82) is 0 Å². The first kappa shape index (κ1) is 21.0. The lowest BCUT2D eigenvalue weighted by atomic mass is 9.47. The molecule has 0 radical (unpaired) electrons. The minimum absolute atomic E-state index is 0.0766. The molecule has 1 N–H and O–H groups in total. The van der Waals surface area contributed by atoms with Crippen LogP contribution in [0, 0.1) is 46.3 Å². The number of hydrogen-bond donors (Lipinski definition) is 1. The van der Waals surface area contributed by atoms with E-state index in [0.29, 0.717) is 10.8 Å². The zero-order valence-electron chi connectivity index (χ0n) is 19.3. The van der Waals surface area contributed by atoms with Crippen LogP contribution < -0.4 is 0 Å². The molecule has 1 heteroatoms. The minimum atomic E-state index is -0.0766. The van der Waals surface area contributed by atoms with Crippen molar-refractivity contribution in [1.82, 2.24) is 0 Å². The first-order valence-corrected chi connectivity index (χ1v) is 12.6. The molecule has 8 atom stereocenters. The Hall–Kier alpha value is -0.300. The van der Waals surface area contributed by atoms with Gasteiger partial charge in [-0.15, -0.1) is 0 Å². The number of fused-ring (bicyclic) bond motifs is 5. The van der Waals surface area contributed by atoms with E-state index in [1.54, 1.807) is 5.57 Å². The molecule has 4 aliphatic carbocycles. The summed E-state index contributed by atoms with van der Waals surface area (Å²) in [5, 5.41) is 10.2. The van der Waals surface area contributed by atoms with E-state index in [9.17, 15) is 5.11 Å². The lowest BCUT2D eigenvalue weighted by Gasteiger charge is -2.58. The third kappa shape index (κ3) is 3.42. The molecule has 1 nitrogen and oxygen atoms in total. The predicted octanol–water partition coefficient (Wildman–Crippen LogP) is 7.39. The second-order valence-corrected chi connectivity index (χ2v) is 12.2. The van der Waals surface area contributed by atoms with Gasteiger partial charge in [-0.2, -0.15) is 0 Å². The Morgan fingerprint density at radius 1 is 1.00 bits per heavy atom. The third-order valence-corrected chi connectivity index (χ3v) is 10.3. The van der Waals surface area contributed by atoms with Crippen molar-refractivity contribution >= 4 is 0 Å². The first-order valence-electron chi connectivity index (χ1n) is 12.6. The quantitative estimate of drug-likeness (QED) is 0.488. The largest absolute Gasteiger partial charge is 0.393 e. The first-order chi connectivity index (χ1) is 13.3. The topological polar surface area (TPSA) is 20.2 Å². The molecule has 28 heavy (non-hydrogen) atoms. The number of hydrogen-bond acceptors (Lipinski definition) is 1. The van der Waals surface area contributed by atoms with Crippen molar-refractivity contribution in [2.45, 2.75) is 111 Å². The van der Waals surface area contributed by atoms with E-state index < -0.39 is 0 Å². The van der Waals surface area contributed by atoms with E-state index in [2.05, 4.69) is 40.7 Å². The van der Waals surface area contributed by atoms with Gasteiger partial charge in [-0.05, 0) is 97.7 Å². The highest BCUT2D eigenvalue weighted by atomic mass is 16.3. The smallest absolute Gasteiger partial charge is 0.0577 e. The van der Waals surface area contributed by atoms with Crippen molar-refractivity contribution in [2.75, 3.05) is 0 Å². The lowest BCUT2D eigenvalue weighted by Crippen LogP contribution is -2.50. The van der Waals surface area contributed by atoms with Gasteiger partial charge in [0.2, 0.25) is 0 Å². The van der Waals surface area contributed by atoms with Crippen LogP contribution in [0.25, 0.3) is 0 Å². The van der Waals surface area contributed by atoms with Crippen LogP contribution in [-0.4, -0.2) is 11.2 Å². The molecule has 0 aromatic rings. The van der Waals surface area contributed by atoms with Crippen LogP contribution in [0.1, 0.15) is 105 Å². The lowest BCUT2D eigenvalue weighted by molar-refractivity contribution is -0.0573. The van der Waals surface area contributed by atoms with Gasteiger partial charge in [-0.25, -0.2) is 0 Å². The van der Waals surface area contributed by atoms with Gasteiger partial charge in [0.25, 0.3) is 0 Å². The summed E-state index contributed by atoms with van der Waals surface area (Å²) in [5.41, 5.74) is 2.60. The number of rotatable bonds is 5. The molecule has 4 rings (SSSR count). The van der Waals surface area contributed by atoms with Crippen LogP contribution in [0.4, 0.5) is 0 Å². The van der Waals surface area contributed by atoms with Crippen LogP contribution >= 0.6 is 0 Å². The molecule has 0 aliphatic heterocycles. The summed E-state index contributed by atoms with van der Waals surface area (Å²) in [4.78, 5) is 0. The Morgan fingerprint density at radius 2 is 1.79 bits per heavy atom. The van der Waals surface area contributed by atoms with Gasteiger partial charge in [0.15, 0.2) is 0 Å². The number of aliphatic hydroxyl groups is 1. The Labute approximate surface area is 174 Å². The van der Waals surface area contributed by atoms with Gasteiger partial charge >= 0.3 is 0 Å². The fourth-order valence-electron chi connectivity index (χ4n) is 8.67. The molecule has 3 saturated carbocycles. The monoisotopic (exact) mass is 386 g/mol. The van der Waals surface area contributed by atoms with Crippen molar-refractivity contribution in [3.8, 4) is 0 Å². The number of aliphatic hydroxyl groups excluding tert-OH is 1. The van der Waals surface area contributed by atoms with Gasteiger partial charge in [0.1, 0.15) is 0 Å². The van der Waals surface area contributed by atoms with Crippen LogP contribution in [0.3, 0.4) is 0 Å². The van der Waals surface area contributed by atoms with Crippen LogP contribution in [0.15, 0.2) is 11.6 Å². The standard InChI is InChI=1S/C27H46O/c1-18(2)7-6-8-19(3)23-11-12-24-22-10-9-20-17-21(28)13-15-26(20,4)25(22)14-16-27(23,24)5/h9,18-19,21-25,28H,6-8,10-17H2,1-5H3/t19-,21+,22+,23-,24+,25+,26?,27?/m1/s1.